The Bertz CT molecular complexity index is 1570. The fourth-order valence-corrected chi connectivity index (χ4v) is 7.43. The first-order valence-electron chi connectivity index (χ1n) is 19.0. The van der Waals surface area contributed by atoms with E-state index in [1.54, 1.807) is 79.7 Å². The van der Waals surface area contributed by atoms with Crippen LogP contribution in [0.15, 0.2) is 24.3 Å². The van der Waals surface area contributed by atoms with E-state index in [0.29, 0.717) is 12.0 Å². The number of benzene rings is 1. The van der Waals surface area contributed by atoms with Crippen LogP contribution in [0.5, 0.6) is 0 Å². The molecule has 0 aromatic heterocycles. The minimum absolute atomic E-state index is 0.0722. The van der Waals surface area contributed by atoms with Crippen LogP contribution in [0.1, 0.15) is 98.5 Å². The lowest BCUT2D eigenvalue weighted by molar-refractivity contribution is -0.158. The number of hydrogen-bond acceptors (Lipinski definition) is 8. The molecule has 55 heavy (non-hydrogen) atoms. The Labute approximate surface area is 323 Å². The summed E-state index contributed by atoms with van der Waals surface area (Å²) in [4.78, 5) is 81.4. The van der Waals surface area contributed by atoms with Gasteiger partial charge in [0, 0.05) is 19.5 Å². The van der Waals surface area contributed by atoms with Gasteiger partial charge in [0.25, 0.3) is 0 Å². The number of piperidine rings is 1. The maximum atomic E-state index is 14.5. The summed E-state index contributed by atoms with van der Waals surface area (Å²) < 4.78 is 37.9. The van der Waals surface area contributed by atoms with Gasteiger partial charge in [-0.1, -0.05) is 67.5 Å². The summed E-state index contributed by atoms with van der Waals surface area (Å²) in [7, 11) is 1.27. The van der Waals surface area contributed by atoms with Crippen molar-refractivity contribution in [3.63, 3.8) is 0 Å². The summed E-state index contributed by atoms with van der Waals surface area (Å²) in [5, 5.41) is 10.6. The first-order chi connectivity index (χ1) is 25.3. The Morgan fingerprint density at radius 1 is 0.927 bits per heavy atom. The lowest BCUT2D eigenvalue weighted by Gasteiger charge is -2.39. The fourth-order valence-electron chi connectivity index (χ4n) is 7.43. The predicted octanol–water partition coefficient (Wildman–Crippen LogP) is 4.47. The van der Waals surface area contributed by atoms with E-state index in [-0.39, 0.29) is 42.2 Å². The first-order valence-corrected chi connectivity index (χ1v) is 19.0. The van der Waals surface area contributed by atoms with Crippen LogP contribution in [0.2, 0.25) is 0 Å². The molecule has 3 rings (SSSR count). The summed E-state index contributed by atoms with van der Waals surface area (Å²) in [5.74, 6) is -3.81. The second-order valence-electron chi connectivity index (χ2n) is 17.7. The number of amides is 5. The van der Waals surface area contributed by atoms with Crippen LogP contribution in [-0.4, -0.2) is 97.0 Å². The average molecular weight is 778 g/mol. The van der Waals surface area contributed by atoms with Crippen LogP contribution in [0, 0.1) is 34.5 Å². The van der Waals surface area contributed by atoms with Gasteiger partial charge in [0.2, 0.25) is 24.1 Å². The SMILES string of the molecule is COC(=O)c1ccc(CCNC(=O)[C@H](CC(F)F)NC(=O)[C@@H]2C3C(CN2C(=O)[C@@H](NC(=O)N[C@H](C(=O)OC(C)(C)C)C(C)C)C(C)(C)C)C3(C)C(C)C)cc1. The zero-order valence-electron chi connectivity index (χ0n) is 34.3. The molecule has 1 saturated carbocycles. The van der Waals surface area contributed by atoms with Gasteiger partial charge in [-0.15, -0.1) is 0 Å². The number of halogens is 2. The van der Waals surface area contributed by atoms with Crippen molar-refractivity contribution in [2.45, 2.75) is 125 Å². The maximum Gasteiger partial charge on any atom is 0.337 e. The molecule has 3 unspecified atom stereocenters. The highest BCUT2D eigenvalue weighted by Crippen LogP contribution is 2.68. The number of ether oxygens (including phenoxy) is 2. The third-order valence-electron chi connectivity index (χ3n) is 10.8. The summed E-state index contributed by atoms with van der Waals surface area (Å²) in [5.41, 5.74) is -0.857. The van der Waals surface area contributed by atoms with Gasteiger partial charge in [-0.2, -0.15) is 0 Å². The molecule has 0 bridgehead atoms. The summed E-state index contributed by atoms with van der Waals surface area (Å²) >= 11 is 0. The molecule has 1 aliphatic carbocycles. The number of esters is 2. The molecular weight excluding hydrogens is 716 g/mol. The minimum Gasteiger partial charge on any atom is -0.465 e. The summed E-state index contributed by atoms with van der Waals surface area (Å²) in [6.45, 7) is 20.3. The highest BCUT2D eigenvalue weighted by molar-refractivity contribution is 5.96. The molecule has 4 N–H and O–H groups in total. The molecule has 1 aliphatic heterocycles. The molecule has 7 atom stereocenters. The number of methoxy groups -OCH3 is 1. The number of alkyl halides is 2. The molecule has 1 aromatic rings. The van der Waals surface area contributed by atoms with E-state index in [4.69, 9.17) is 9.47 Å². The largest absolute Gasteiger partial charge is 0.465 e. The van der Waals surface area contributed by atoms with Crippen LogP contribution >= 0.6 is 0 Å². The second kappa shape index (κ2) is 17.7. The Morgan fingerprint density at radius 2 is 1.53 bits per heavy atom. The molecule has 0 radical (unpaired) electrons. The lowest BCUT2D eigenvalue weighted by Crippen LogP contribution is -2.62. The molecule has 1 aromatic carbocycles. The number of nitrogens with zero attached hydrogens (tertiary/aromatic N) is 1. The quantitative estimate of drug-likeness (QED) is 0.189. The van der Waals surface area contributed by atoms with E-state index >= 15 is 0 Å². The standard InChI is InChI=1S/C40H61F2N5O8/c1-21(2)29(36(52)55-39(8,9)10)45-37(53)46-31(38(5,6)7)34(50)47-20-25-28(40(25,11)22(3)4)30(47)33(49)44-26(19-27(41)42)32(48)43-18-17-23-13-15-24(16-14-23)35(51)54-12/h13-16,21-22,25-31H,17-20H2,1-12H3,(H,43,48)(H,44,49)(H2,45,46,53)/t25?,26-,28?,29-,30-,31+,40?/m0/s1. The first kappa shape index (κ1) is 45.1. The number of urea groups is 1. The Balaban J connectivity index is 1.82. The normalized spacial score (nSPS) is 22.3. The maximum absolute atomic E-state index is 14.5. The van der Waals surface area contributed by atoms with Gasteiger partial charge in [-0.05, 0) is 79.4 Å². The molecule has 308 valence electrons. The number of fused-ring (bicyclic) bond motifs is 1. The molecule has 5 amide bonds. The van der Waals surface area contributed by atoms with Crippen molar-refractivity contribution in [1.82, 2.24) is 26.2 Å². The number of rotatable bonds is 15. The predicted molar refractivity (Wildman–Crippen MR) is 202 cm³/mol. The van der Waals surface area contributed by atoms with E-state index < -0.39 is 83.7 Å². The van der Waals surface area contributed by atoms with Gasteiger partial charge in [0.1, 0.15) is 29.8 Å². The van der Waals surface area contributed by atoms with Gasteiger partial charge in [-0.3, -0.25) is 14.4 Å². The van der Waals surface area contributed by atoms with Crippen molar-refractivity contribution < 1.29 is 47.0 Å². The van der Waals surface area contributed by atoms with Crippen LogP contribution < -0.4 is 21.3 Å². The molecule has 2 aliphatic rings. The molecule has 2 fully saturated rings. The number of carbonyl (C=O) groups is 6. The molecule has 13 nitrogen and oxygen atoms in total. The van der Waals surface area contributed by atoms with Gasteiger partial charge < -0.3 is 35.6 Å². The number of carbonyl (C=O) groups excluding carboxylic acids is 6. The van der Waals surface area contributed by atoms with Crippen molar-refractivity contribution in [1.29, 1.82) is 0 Å². The molecule has 1 heterocycles. The van der Waals surface area contributed by atoms with Crippen molar-refractivity contribution in [3.8, 4) is 0 Å². The monoisotopic (exact) mass is 777 g/mol. The van der Waals surface area contributed by atoms with Gasteiger partial charge in [0.05, 0.1) is 12.7 Å². The van der Waals surface area contributed by atoms with Crippen molar-refractivity contribution in [3.05, 3.63) is 35.4 Å². The van der Waals surface area contributed by atoms with Gasteiger partial charge >= 0.3 is 18.0 Å². The van der Waals surface area contributed by atoms with E-state index in [9.17, 15) is 37.5 Å². The summed E-state index contributed by atoms with van der Waals surface area (Å²) in [6.07, 6.45) is -3.53. The zero-order valence-corrected chi connectivity index (χ0v) is 34.3. The third kappa shape index (κ3) is 11.2. The van der Waals surface area contributed by atoms with Crippen LogP contribution in [0.4, 0.5) is 13.6 Å². The van der Waals surface area contributed by atoms with Gasteiger partial charge in [-0.25, -0.2) is 23.2 Å². The average Bonchev–Trinajstić information content (AvgIpc) is 3.43. The van der Waals surface area contributed by atoms with Gasteiger partial charge in [0.15, 0.2) is 0 Å². The Morgan fingerprint density at radius 3 is 2.02 bits per heavy atom. The molecule has 0 spiro atoms. The van der Waals surface area contributed by atoms with Crippen molar-refractivity contribution in [2.24, 2.45) is 34.5 Å². The van der Waals surface area contributed by atoms with Crippen molar-refractivity contribution >= 4 is 35.7 Å². The Hall–Kier alpha value is -4.30. The van der Waals surface area contributed by atoms with Crippen molar-refractivity contribution in [2.75, 3.05) is 20.2 Å². The molecule has 1 saturated heterocycles. The van der Waals surface area contributed by atoms with E-state index in [0.717, 1.165) is 5.56 Å². The van der Waals surface area contributed by atoms with Crippen LogP contribution in [0.3, 0.4) is 0 Å². The van der Waals surface area contributed by atoms with E-state index in [1.807, 2.05) is 20.8 Å². The smallest absolute Gasteiger partial charge is 0.337 e. The number of hydrogen-bond donors (Lipinski definition) is 4. The Kier molecular flexibility index (Phi) is 14.5. The molecular formula is C40H61F2N5O8. The van der Waals surface area contributed by atoms with E-state index in [1.165, 1.54) is 12.0 Å². The van der Waals surface area contributed by atoms with Crippen LogP contribution in [-0.2, 0) is 35.1 Å². The number of likely N-dealkylation sites (tertiary alicyclic amines) is 1. The zero-order chi connectivity index (χ0) is 41.8. The highest BCUT2D eigenvalue weighted by Gasteiger charge is 2.73. The second-order valence-corrected chi connectivity index (χ2v) is 17.7. The van der Waals surface area contributed by atoms with Crippen LogP contribution in [0.25, 0.3) is 0 Å². The highest BCUT2D eigenvalue weighted by atomic mass is 19.3. The molecule has 15 heteroatoms. The minimum atomic E-state index is -2.92. The van der Waals surface area contributed by atoms with E-state index in [2.05, 4.69) is 21.3 Å². The fraction of sp³-hybridized carbons (Fsp3) is 0.700. The topological polar surface area (TPSA) is 172 Å². The third-order valence-corrected chi connectivity index (χ3v) is 10.8. The lowest BCUT2D eigenvalue weighted by atomic mass is 9.83. The summed E-state index contributed by atoms with van der Waals surface area (Å²) in [6, 6.07) is 0.911. The number of nitrogens with one attached hydrogen (secondary N) is 4.